The van der Waals surface area contributed by atoms with Crippen LogP contribution in [0.15, 0.2) is 48.7 Å². The summed E-state index contributed by atoms with van der Waals surface area (Å²) < 4.78 is 16.4. The van der Waals surface area contributed by atoms with E-state index in [4.69, 9.17) is 14.2 Å². The fourth-order valence-corrected chi connectivity index (χ4v) is 5.86. The summed E-state index contributed by atoms with van der Waals surface area (Å²) >= 11 is 0. The average molecular weight is 513 g/mol. The number of fused-ring (bicyclic) bond motifs is 3. The van der Waals surface area contributed by atoms with Crippen molar-refractivity contribution in [3.63, 3.8) is 0 Å². The van der Waals surface area contributed by atoms with Crippen molar-refractivity contribution in [1.82, 2.24) is 15.2 Å². The summed E-state index contributed by atoms with van der Waals surface area (Å²) in [4.78, 5) is 19.8. The molecule has 38 heavy (non-hydrogen) atoms. The summed E-state index contributed by atoms with van der Waals surface area (Å²) in [5.74, 6) is 2.08. The molecule has 2 atom stereocenters. The number of pyridine rings is 1. The van der Waals surface area contributed by atoms with E-state index in [1.54, 1.807) is 14.2 Å². The number of aromatic nitrogens is 3. The first-order valence-electron chi connectivity index (χ1n) is 12.7. The second-order valence-corrected chi connectivity index (χ2v) is 9.95. The van der Waals surface area contributed by atoms with E-state index < -0.39 is 5.41 Å². The highest BCUT2D eigenvalue weighted by molar-refractivity contribution is 6.10. The Morgan fingerprint density at radius 1 is 1.11 bits per heavy atom. The molecule has 1 amide bonds. The quantitative estimate of drug-likeness (QED) is 0.356. The number of benzene rings is 2. The Hall–Kier alpha value is -4.31. The third-order valence-corrected chi connectivity index (χ3v) is 7.97. The minimum Gasteiger partial charge on any atom is -0.497 e. The largest absolute Gasteiger partial charge is 0.497 e. The number of ether oxygens (including phenoxy) is 3. The van der Waals surface area contributed by atoms with Crippen LogP contribution in [-0.4, -0.2) is 61.6 Å². The van der Waals surface area contributed by atoms with Gasteiger partial charge in [0.25, 0.3) is 0 Å². The lowest BCUT2D eigenvalue weighted by atomic mass is 9.91. The molecule has 4 heterocycles. The molecule has 1 saturated carbocycles. The van der Waals surface area contributed by atoms with Crippen molar-refractivity contribution < 1.29 is 19.0 Å². The van der Waals surface area contributed by atoms with E-state index in [1.165, 1.54) is 0 Å². The lowest BCUT2D eigenvalue weighted by Gasteiger charge is -2.29. The minimum atomic E-state index is -0.544. The highest BCUT2D eigenvalue weighted by atomic mass is 16.5. The van der Waals surface area contributed by atoms with Gasteiger partial charge in [-0.3, -0.25) is 9.89 Å². The Labute approximate surface area is 219 Å². The molecule has 0 radical (unpaired) electrons. The zero-order chi connectivity index (χ0) is 25.9. The maximum atomic E-state index is 13.1. The van der Waals surface area contributed by atoms with Crippen molar-refractivity contribution in [2.24, 2.45) is 0 Å². The van der Waals surface area contributed by atoms with E-state index in [0.717, 1.165) is 64.4 Å². The van der Waals surface area contributed by atoms with Gasteiger partial charge in [-0.05, 0) is 53.9 Å². The van der Waals surface area contributed by atoms with Gasteiger partial charge in [-0.15, -0.1) is 0 Å². The molecular weight excluding hydrogens is 484 g/mol. The number of methoxy groups -OCH3 is 2. The van der Waals surface area contributed by atoms with Gasteiger partial charge in [0.15, 0.2) is 5.82 Å². The molecule has 0 bridgehead atoms. The fourth-order valence-electron chi connectivity index (χ4n) is 5.86. The van der Waals surface area contributed by atoms with E-state index in [9.17, 15) is 4.79 Å². The number of H-pyrrole nitrogens is 1. The molecule has 2 aliphatic heterocycles. The second kappa shape index (κ2) is 8.63. The molecule has 1 spiro atoms. The van der Waals surface area contributed by atoms with Gasteiger partial charge in [0, 0.05) is 30.1 Å². The van der Waals surface area contributed by atoms with Crippen LogP contribution in [0.2, 0.25) is 0 Å². The van der Waals surface area contributed by atoms with Crippen LogP contribution in [0.4, 0.5) is 22.9 Å². The number of hydrogen-bond acceptors (Lipinski definition) is 8. The van der Waals surface area contributed by atoms with Gasteiger partial charge in [-0.25, -0.2) is 4.98 Å². The minimum absolute atomic E-state index is 0.0533. The van der Waals surface area contributed by atoms with Crippen LogP contribution in [-0.2, 0) is 14.9 Å². The smallest absolute Gasteiger partial charge is 0.237 e. The van der Waals surface area contributed by atoms with Crippen LogP contribution in [0.1, 0.15) is 23.5 Å². The maximum Gasteiger partial charge on any atom is 0.237 e. The number of nitrogens with zero attached hydrogens (tertiary/aromatic N) is 3. The lowest BCUT2D eigenvalue weighted by Crippen LogP contribution is -2.36. The third-order valence-electron chi connectivity index (χ3n) is 7.97. The van der Waals surface area contributed by atoms with Crippen LogP contribution in [0.3, 0.4) is 0 Å². The monoisotopic (exact) mass is 512 g/mol. The molecule has 1 aliphatic carbocycles. The summed E-state index contributed by atoms with van der Waals surface area (Å²) in [5, 5.41) is 15.1. The van der Waals surface area contributed by atoms with Crippen molar-refractivity contribution in [2.75, 3.05) is 56.1 Å². The van der Waals surface area contributed by atoms with E-state index in [0.29, 0.717) is 24.9 Å². The summed E-state index contributed by atoms with van der Waals surface area (Å²) in [6.45, 7) is 3.04. The summed E-state index contributed by atoms with van der Waals surface area (Å²) in [6.07, 6.45) is 2.59. The number of carbonyl (C=O) groups excluding carboxylic acids is 1. The van der Waals surface area contributed by atoms with Crippen molar-refractivity contribution in [1.29, 1.82) is 0 Å². The zero-order valence-corrected chi connectivity index (χ0v) is 21.2. The molecule has 3 N–H and O–H groups in total. The van der Waals surface area contributed by atoms with E-state index >= 15 is 0 Å². The molecule has 0 unspecified atom stereocenters. The second-order valence-electron chi connectivity index (χ2n) is 9.95. The third kappa shape index (κ3) is 3.47. The predicted octanol–water partition coefficient (Wildman–Crippen LogP) is 3.93. The molecule has 4 aromatic rings. The lowest BCUT2D eigenvalue weighted by molar-refractivity contribution is -0.118. The van der Waals surface area contributed by atoms with Crippen molar-refractivity contribution in [2.45, 2.75) is 17.8 Å². The van der Waals surface area contributed by atoms with Crippen LogP contribution >= 0.6 is 0 Å². The number of aromatic amines is 1. The van der Waals surface area contributed by atoms with Crippen LogP contribution < -0.4 is 25.0 Å². The first kappa shape index (κ1) is 22.9. The first-order valence-corrected chi connectivity index (χ1v) is 12.7. The Balaban J connectivity index is 1.17. The Kier molecular flexibility index (Phi) is 5.19. The first-order chi connectivity index (χ1) is 18.6. The summed E-state index contributed by atoms with van der Waals surface area (Å²) in [6, 6.07) is 14.0. The molecule has 10 nitrogen and oxygen atoms in total. The molecule has 1 saturated heterocycles. The summed E-state index contributed by atoms with van der Waals surface area (Å²) in [5.41, 5.74) is 5.08. The predicted molar refractivity (Wildman–Crippen MR) is 144 cm³/mol. The van der Waals surface area contributed by atoms with Gasteiger partial charge in [0.1, 0.15) is 11.4 Å². The van der Waals surface area contributed by atoms with Crippen molar-refractivity contribution in [3.8, 4) is 11.6 Å². The van der Waals surface area contributed by atoms with Crippen LogP contribution in [0.5, 0.6) is 11.6 Å². The zero-order valence-electron chi connectivity index (χ0n) is 21.2. The van der Waals surface area contributed by atoms with Gasteiger partial charge in [-0.2, -0.15) is 5.10 Å². The van der Waals surface area contributed by atoms with Gasteiger partial charge in [0.05, 0.1) is 50.2 Å². The topological polar surface area (TPSA) is 114 Å². The standard InChI is InChI=1S/C28H28N6O4/c1-36-18-4-6-22-20(13-18)28(27(35)31-22)14-21(28)16-3-5-19-23(11-16)32-33-25(19)30-24-12-17(15-29-26(24)37-2)34-7-9-38-10-8-34/h3-6,11-13,15,21H,7-10,14H2,1-2H3,(H,31,35)(H2,30,32,33)/t21-,28-/m0/s1. The fraction of sp³-hybridized carbons (Fsp3) is 0.321. The number of nitrogens with one attached hydrogen (secondary N) is 3. The number of rotatable bonds is 6. The molecule has 3 aliphatic rings. The maximum absolute atomic E-state index is 13.1. The Bertz CT molecular complexity index is 1560. The normalized spacial score (nSPS) is 21.9. The van der Waals surface area contributed by atoms with E-state index in [-0.39, 0.29) is 11.8 Å². The molecular formula is C28H28N6O4. The summed E-state index contributed by atoms with van der Waals surface area (Å²) in [7, 11) is 3.25. The molecule has 2 fully saturated rings. The number of morpholine rings is 1. The van der Waals surface area contributed by atoms with E-state index in [1.807, 2.05) is 36.5 Å². The van der Waals surface area contributed by atoms with Gasteiger partial charge < -0.3 is 29.7 Å². The van der Waals surface area contributed by atoms with Crippen LogP contribution in [0, 0.1) is 0 Å². The Morgan fingerprint density at radius 2 is 1.97 bits per heavy atom. The highest BCUT2D eigenvalue weighted by Crippen LogP contribution is 2.65. The number of carbonyl (C=O) groups is 1. The molecule has 10 heteroatoms. The van der Waals surface area contributed by atoms with Crippen LogP contribution in [0.25, 0.3) is 10.9 Å². The van der Waals surface area contributed by atoms with Crippen molar-refractivity contribution in [3.05, 3.63) is 59.8 Å². The van der Waals surface area contributed by atoms with Gasteiger partial charge >= 0.3 is 0 Å². The number of anilines is 4. The van der Waals surface area contributed by atoms with Gasteiger partial charge in [-0.1, -0.05) is 6.07 Å². The molecule has 194 valence electrons. The highest BCUT2D eigenvalue weighted by Gasteiger charge is 2.65. The Morgan fingerprint density at radius 3 is 2.79 bits per heavy atom. The number of amides is 1. The van der Waals surface area contributed by atoms with E-state index in [2.05, 4.69) is 42.8 Å². The average Bonchev–Trinajstić information content (AvgIpc) is 3.51. The SMILES string of the molecule is COc1ccc2c(c1)[C@]1(C[C@H]1c1ccc3c(Nc4cc(N5CCOCC5)cnc4OC)n[nH]c3c1)C(=O)N2. The van der Waals surface area contributed by atoms with Crippen molar-refractivity contribution >= 4 is 39.7 Å². The molecule has 2 aromatic heterocycles. The van der Waals surface area contributed by atoms with Gasteiger partial charge in [0.2, 0.25) is 11.8 Å². The molecule has 7 rings (SSSR count). The molecule has 2 aromatic carbocycles. The number of hydrogen-bond donors (Lipinski definition) is 3.